The molecule has 1 aliphatic heterocycles. The topological polar surface area (TPSA) is 52.7 Å². The minimum Gasteiger partial charge on any atom is -0.358 e. The van der Waals surface area contributed by atoms with Crippen LogP contribution in [0.25, 0.3) is 0 Å². The first kappa shape index (κ1) is 18.3. The number of hydrogen-bond acceptors (Lipinski definition) is 3. The van der Waals surface area contributed by atoms with Crippen LogP contribution in [0, 0.1) is 0 Å². The number of nitrogens with zero attached hydrogens (tertiary/aromatic N) is 2. The van der Waals surface area contributed by atoms with Crippen molar-refractivity contribution in [2.45, 2.75) is 12.6 Å². The summed E-state index contributed by atoms with van der Waals surface area (Å²) < 4.78 is 37.6. The molecule has 0 aromatic heterocycles. The van der Waals surface area contributed by atoms with Gasteiger partial charge in [0, 0.05) is 33.2 Å². The second kappa shape index (κ2) is 7.65. The first-order valence-electron chi connectivity index (χ1n) is 7.66. The molecular weight excluding hydrogens is 323 g/mol. The summed E-state index contributed by atoms with van der Waals surface area (Å²) in [5, 5.41) is 2.55. The van der Waals surface area contributed by atoms with Crippen LogP contribution in [-0.2, 0) is 22.2 Å². The van der Waals surface area contributed by atoms with Crippen molar-refractivity contribution in [2.24, 2.45) is 0 Å². The lowest BCUT2D eigenvalue weighted by atomic mass is 10.1. The van der Waals surface area contributed by atoms with Crippen LogP contribution in [0.3, 0.4) is 0 Å². The second-order valence-corrected chi connectivity index (χ2v) is 5.70. The smallest absolute Gasteiger partial charge is 0.358 e. The van der Waals surface area contributed by atoms with Gasteiger partial charge in [-0.05, 0) is 17.7 Å². The third-order valence-electron chi connectivity index (χ3n) is 4.01. The summed E-state index contributed by atoms with van der Waals surface area (Å²) >= 11 is 0. The van der Waals surface area contributed by atoms with Gasteiger partial charge < -0.3 is 10.2 Å². The molecule has 0 spiro atoms. The summed E-state index contributed by atoms with van der Waals surface area (Å²) in [4.78, 5) is 27.2. The van der Waals surface area contributed by atoms with E-state index in [2.05, 4.69) is 5.32 Å². The Hall–Kier alpha value is -2.09. The van der Waals surface area contributed by atoms with Gasteiger partial charge in [0.05, 0.1) is 18.5 Å². The fourth-order valence-electron chi connectivity index (χ4n) is 2.54. The van der Waals surface area contributed by atoms with Gasteiger partial charge in [-0.15, -0.1) is 0 Å². The summed E-state index contributed by atoms with van der Waals surface area (Å²) in [5.74, 6) is -0.186. The number of halogens is 3. The van der Waals surface area contributed by atoms with Crippen LogP contribution in [0.1, 0.15) is 11.1 Å². The van der Waals surface area contributed by atoms with Crippen molar-refractivity contribution < 1.29 is 22.8 Å². The van der Waals surface area contributed by atoms with E-state index in [9.17, 15) is 22.8 Å². The van der Waals surface area contributed by atoms with Crippen LogP contribution in [0.4, 0.5) is 13.2 Å². The number of rotatable bonds is 4. The van der Waals surface area contributed by atoms with E-state index in [1.165, 1.54) is 12.1 Å². The Morgan fingerprint density at radius 1 is 1.08 bits per heavy atom. The molecule has 1 N–H and O–H groups in total. The molecule has 1 aromatic rings. The molecule has 1 aromatic carbocycles. The van der Waals surface area contributed by atoms with E-state index >= 15 is 0 Å². The van der Waals surface area contributed by atoms with Gasteiger partial charge in [-0.3, -0.25) is 14.5 Å². The molecule has 0 atom stereocenters. The minimum absolute atomic E-state index is 0.0699. The monoisotopic (exact) mass is 343 g/mol. The zero-order valence-electron chi connectivity index (χ0n) is 13.4. The number of amides is 2. The summed E-state index contributed by atoms with van der Waals surface area (Å²) in [5.41, 5.74) is -0.165. The predicted molar refractivity (Wildman–Crippen MR) is 82.2 cm³/mol. The molecule has 1 fully saturated rings. The average molecular weight is 343 g/mol. The predicted octanol–water partition coefficient (Wildman–Crippen LogP) is 1.14. The Balaban J connectivity index is 1.84. The number of likely N-dealkylation sites (N-methyl/N-ethyl adjacent to an activating group) is 1. The maximum Gasteiger partial charge on any atom is 0.416 e. The fourth-order valence-corrected chi connectivity index (χ4v) is 2.54. The van der Waals surface area contributed by atoms with Crippen molar-refractivity contribution in [1.29, 1.82) is 0 Å². The molecule has 8 heteroatoms. The normalized spacial score (nSPS) is 16.1. The second-order valence-electron chi connectivity index (χ2n) is 5.70. The van der Waals surface area contributed by atoms with E-state index in [1.54, 1.807) is 11.9 Å². The lowest BCUT2D eigenvalue weighted by molar-refractivity contribution is -0.137. The van der Waals surface area contributed by atoms with Crippen LogP contribution in [-0.4, -0.2) is 61.4 Å². The van der Waals surface area contributed by atoms with Crippen molar-refractivity contribution in [3.8, 4) is 0 Å². The number of nitrogens with one attached hydrogen (secondary N) is 1. The van der Waals surface area contributed by atoms with Crippen molar-refractivity contribution in [3.05, 3.63) is 35.4 Å². The van der Waals surface area contributed by atoms with Crippen LogP contribution < -0.4 is 5.32 Å². The zero-order chi connectivity index (χ0) is 17.7. The van der Waals surface area contributed by atoms with E-state index in [1.807, 2.05) is 4.90 Å². The molecule has 2 rings (SSSR count). The molecular formula is C16H20F3N3O2. The number of hydrogen-bond donors (Lipinski definition) is 1. The maximum absolute atomic E-state index is 12.5. The van der Waals surface area contributed by atoms with Crippen LogP contribution >= 0.6 is 0 Å². The fraction of sp³-hybridized carbons (Fsp3) is 0.500. The molecule has 2 amide bonds. The minimum atomic E-state index is -4.37. The van der Waals surface area contributed by atoms with Gasteiger partial charge in [-0.2, -0.15) is 13.2 Å². The van der Waals surface area contributed by atoms with Crippen LogP contribution in [0.15, 0.2) is 24.3 Å². The number of carbonyl (C=O) groups is 2. The van der Waals surface area contributed by atoms with Gasteiger partial charge >= 0.3 is 6.18 Å². The first-order valence-corrected chi connectivity index (χ1v) is 7.66. The van der Waals surface area contributed by atoms with Gasteiger partial charge in [0.1, 0.15) is 0 Å². The number of carbonyl (C=O) groups excluding carboxylic acids is 2. The van der Waals surface area contributed by atoms with Crippen LogP contribution in [0.5, 0.6) is 0 Å². The Bertz CT molecular complexity index is 579. The quantitative estimate of drug-likeness (QED) is 0.892. The zero-order valence-corrected chi connectivity index (χ0v) is 13.4. The van der Waals surface area contributed by atoms with E-state index in [0.717, 1.165) is 12.1 Å². The van der Waals surface area contributed by atoms with Gasteiger partial charge in [0.2, 0.25) is 11.8 Å². The third kappa shape index (κ3) is 4.95. The van der Waals surface area contributed by atoms with Crippen molar-refractivity contribution in [2.75, 3.05) is 39.8 Å². The van der Waals surface area contributed by atoms with Crippen molar-refractivity contribution in [3.63, 3.8) is 0 Å². The van der Waals surface area contributed by atoms with Gasteiger partial charge in [0.15, 0.2) is 0 Å². The van der Waals surface area contributed by atoms with Crippen molar-refractivity contribution in [1.82, 2.24) is 15.1 Å². The molecule has 0 saturated carbocycles. The third-order valence-corrected chi connectivity index (χ3v) is 4.01. The highest BCUT2D eigenvalue weighted by atomic mass is 19.4. The lowest BCUT2D eigenvalue weighted by Crippen LogP contribution is -2.51. The summed E-state index contributed by atoms with van der Waals surface area (Å²) in [6.07, 6.45) is -4.29. The molecule has 0 unspecified atom stereocenters. The van der Waals surface area contributed by atoms with E-state index in [4.69, 9.17) is 0 Å². The highest BCUT2D eigenvalue weighted by molar-refractivity contribution is 5.79. The van der Waals surface area contributed by atoms with E-state index in [0.29, 0.717) is 38.3 Å². The molecule has 1 aliphatic rings. The first-order chi connectivity index (χ1) is 11.3. The Labute approximate surface area is 138 Å². The number of piperazine rings is 1. The molecule has 132 valence electrons. The SMILES string of the molecule is CNC(=O)CN1CCN(C(=O)Cc2ccc(C(F)(F)F)cc2)CC1. The number of benzene rings is 1. The molecule has 0 bridgehead atoms. The largest absolute Gasteiger partial charge is 0.416 e. The van der Waals surface area contributed by atoms with E-state index < -0.39 is 11.7 Å². The lowest BCUT2D eigenvalue weighted by Gasteiger charge is -2.34. The molecule has 0 radical (unpaired) electrons. The van der Waals surface area contributed by atoms with Gasteiger partial charge in [-0.25, -0.2) is 0 Å². The molecule has 1 saturated heterocycles. The number of alkyl halides is 3. The highest BCUT2D eigenvalue weighted by Gasteiger charge is 2.30. The highest BCUT2D eigenvalue weighted by Crippen LogP contribution is 2.29. The summed E-state index contributed by atoms with van der Waals surface area (Å²) in [7, 11) is 1.58. The summed E-state index contributed by atoms with van der Waals surface area (Å²) in [6.45, 7) is 2.53. The van der Waals surface area contributed by atoms with Gasteiger partial charge in [-0.1, -0.05) is 12.1 Å². The Morgan fingerprint density at radius 2 is 1.67 bits per heavy atom. The standard InChI is InChI=1S/C16H20F3N3O2/c1-20-14(23)11-21-6-8-22(9-7-21)15(24)10-12-2-4-13(5-3-12)16(17,18)19/h2-5H,6-11H2,1H3,(H,20,23). The molecule has 24 heavy (non-hydrogen) atoms. The molecule has 1 heterocycles. The maximum atomic E-state index is 12.5. The molecule has 5 nitrogen and oxygen atoms in total. The Morgan fingerprint density at radius 3 is 2.17 bits per heavy atom. The van der Waals surface area contributed by atoms with Crippen LogP contribution in [0.2, 0.25) is 0 Å². The van der Waals surface area contributed by atoms with E-state index in [-0.39, 0.29) is 18.2 Å². The van der Waals surface area contributed by atoms with Crippen molar-refractivity contribution >= 4 is 11.8 Å². The summed E-state index contributed by atoms with van der Waals surface area (Å²) in [6, 6.07) is 4.65. The molecule has 0 aliphatic carbocycles. The van der Waals surface area contributed by atoms with Gasteiger partial charge in [0.25, 0.3) is 0 Å². The Kier molecular flexibility index (Phi) is 5.82. The average Bonchev–Trinajstić information content (AvgIpc) is 2.55.